The topological polar surface area (TPSA) is 29.1 Å². The smallest absolute Gasteiger partial charge is 1.00 e. The fourth-order valence-electron chi connectivity index (χ4n) is 1.48. The van der Waals surface area contributed by atoms with Crippen molar-refractivity contribution in [3.8, 4) is 0 Å². The van der Waals surface area contributed by atoms with Crippen LogP contribution < -0.4 is 28.6 Å². The third kappa shape index (κ3) is 5.69. The van der Waals surface area contributed by atoms with Gasteiger partial charge in [0.1, 0.15) is 0 Å². The zero-order chi connectivity index (χ0) is 10.6. The van der Waals surface area contributed by atoms with Gasteiger partial charge in [0.15, 0.2) is 0 Å². The Labute approximate surface area is 118 Å². The number of nitrogens with one attached hydrogen (secondary N) is 1. The first-order chi connectivity index (χ1) is 6.65. The van der Waals surface area contributed by atoms with Crippen molar-refractivity contribution in [1.29, 1.82) is 0 Å². The molecule has 6 heteroatoms. The molecule has 0 aliphatic heterocycles. The average molecular weight is 315 g/mol. The number of hydrogen-bond acceptors (Lipinski definition) is 1. The van der Waals surface area contributed by atoms with Crippen LogP contribution in [0.1, 0.15) is 19.8 Å². The minimum absolute atomic E-state index is 0. The van der Waals surface area contributed by atoms with E-state index < -0.39 is 24.0 Å². The van der Waals surface area contributed by atoms with Crippen LogP contribution in [0, 0.1) is 0 Å². The van der Waals surface area contributed by atoms with E-state index in [4.69, 9.17) is 0 Å². The van der Waals surface area contributed by atoms with E-state index in [0.717, 1.165) is 6.42 Å². The van der Waals surface area contributed by atoms with E-state index in [-0.39, 0.29) is 30.7 Å². The van der Waals surface area contributed by atoms with Crippen molar-refractivity contribution < 1.29 is 47.0 Å². The number of halogens is 2. The maximum atomic E-state index is 11.4. The fourth-order valence-corrected chi connectivity index (χ4v) is 10.8. The summed E-state index contributed by atoms with van der Waals surface area (Å²) in [5.74, 6) is 0.244. The maximum absolute atomic E-state index is 11.4. The molecule has 0 radical (unpaired) electrons. The molecule has 1 amide bonds. The largest absolute Gasteiger partial charge is 1.00 e. The summed E-state index contributed by atoms with van der Waals surface area (Å²) in [6, 6.07) is 0. The Morgan fingerprint density at radius 3 is 2.50 bits per heavy atom. The molecule has 0 atom stereocenters. The molecule has 2 nitrogen and oxygen atoms in total. The number of hydrogen-bond donors (Lipinski definition) is 1. The average Bonchev–Trinajstić information content (AvgIpc) is 2.65. The quantitative estimate of drug-likeness (QED) is 0.525. The van der Waals surface area contributed by atoms with Crippen LogP contribution in [0.2, 0.25) is 13.1 Å². The molecule has 16 heavy (non-hydrogen) atoms. The number of rotatable bonds is 4. The van der Waals surface area contributed by atoms with Gasteiger partial charge in [0.05, 0.1) is 0 Å². The summed E-state index contributed by atoms with van der Waals surface area (Å²) in [6.07, 6.45) is 8.25. The molecule has 0 aromatic carbocycles. The van der Waals surface area contributed by atoms with E-state index in [2.05, 4.69) is 35.1 Å². The minimum atomic E-state index is -1.39. The van der Waals surface area contributed by atoms with Crippen molar-refractivity contribution in [3.63, 3.8) is 0 Å². The Bertz CT molecular complexity index is 282. The first-order valence-corrected chi connectivity index (χ1v) is 12.3. The second-order valence-electron chi connectivity index (χ2n) is 3.79. The van der Waals surface area contributed by atoms with Gasteiger partial charge in [-0.3, -0.25) is 0 Å². The first-order valence-electron chi connectivity index (χ1n) is 5.18. The summed E-state index contributed by atoms with van der Waals surface area (Å²) in [5.41, 5.74) is 0. The van der Waals surface area contributed by atoms with Crippen LogP contribution in [0.3, 0.4) is 0 Å². The second-order valence-corrected chi connectivity index (χ2v) is 16.6. The van der Waals surface area contributed by atoms with Crippen molar-refractivity contribution >= 4 is 12.6 Å². The standard InChI is InChI=1S/C5H5.C3H7NO.C2H7Si.2ClH.Ti/c1-2-4-5-3-1;1-2-3(4)5;1-3-2;;;/h1-3H,4H2;2H2,1H3,(H2,4,5);3H,1-2H3;2*1H;/q;;;;;+3/p-3. The predicted octanol–water partition coefficient (Wildman–Crippen LogP) is -4.12. The van der Waals surface area contributed by atoms with Crippen LogP contribution in [0.25, 0.3) is 0 Å². The monoisotopic (exact) mass is 314 g/mol. The Morgan fingerprint density at radius 2 is 2.12 bits per heavy atom. The maximum Gasteiger partial charge on any atom is -1.00 e. The Kier molecular flexibility index (Phi) is 11.2. The Morgan fingerprint density at radius 1 is 1.50 bits per heavy atom. The van der Waals surface area contributed by atoms with Gasteiger partial charge in [-0.2, -0.15) is 0 Å². The summed E-state index contributed by atoms with van der Waals surface area (Å²) in [7, 11) is 0. The van der Waals surface area contributed by atoms with Gasteiger partial charge in [-0.05, 0) is 0 Å². The zero-order valence-corrected chi connectivity index (χ0v) is 14.1. The van der Waals surface area contributed by atoms with Gasteiger partial charge in [-0.1, -0.05) is 0 Å². The number of allylic oxidation sites excluding steroid dienone is 4. The second kappa shape index (κ2) is 9.49. The molecule has 0 aromatic heterocycles. The molecule has 1 rings (SSSR count). The van der Waals surface area contributed by atoms with Gasteiger partial charge < -0.3 is 24.8 Å². The van der Waals surface area contributed by atoms with E-state index in [1.807, 2.05) is 6.92 Å². The van der Waals surface area contributed by atoms with E-state index >= 15 is 0 Å². The fraction of sp³-hybridized carbons (Fsp3) is 0.500. The van der Waals surface area contributed by atoms with Crippen molar-refractivity contribution in [2.45, 2.75) is 32.9 Å². The molecule has 91 valence electrons. The number of carbonyl (C=O) groups excluding carboxylic acids is 1. The van der Waals surface area contributed by atoms with Crippen LogP contribution >= 0.6 is 0 Å². The van der Waals surface area contributed by atoms with Gasteiger partial charge in [0.2, 0.25) is 0 Å². The van der Waals surface area contributed by atoms with Gasteiger partial charge in [-0.15, -0.1) is 0 Å². The molecule has 0 spiro atoms. The molecule has 0 fully saturated rings. The summed E-state index contributed by atoms with van der Waals surface area (Å²) >= 11 is -1.39. The predicted molar refractivity (Wildman–Crippen MR) is 59.2 cm³/mol. The van der Waals surface area contributed by atoms with Crippen LogP contribution in [-0.2, 0) is 22.2 Å². The van der Waals surface area contributed by atoms with Gasteiger partial charge in [0.25, 0.3) is 0 Å². The normalized spacial score (nSPS) is 12.6. The molecular weight excluding hydrogens is 297 g/mol. The van der Waals surface area contributed by atoms with Crippen molar-refractivity contribution in [1.82, 2.24) is 3.80 Å². The SMILES string of the molecule is CCC(=O)[NH][Ti+2]([C]1=CC=CC1)[SiH](C)C.[Cl-].[Cl-]. The summed E-state index contributed by atoms with van der Waals surface area (Å²) in [6.45, 7) is 5.95. The van der Waals surface area contributed by atoms with Crippen LogP contribution in [0.15, 0.2) is 22.1 Å². The van der Waals surface area contributed by atoms with Gasteiger partial charge >= 0.3 is 93.5 Å². The van der Waals surface area contributed by atoms with Gasteiger partial charge in [0, 0.05) is 0 Å². The van der Waals surface area contributed by atoms with Crippen LogP contribution in [-0.4, -0.2) is 12.6 Å². The molecular formula is C10H18Cl2NOSiTi. The molecule has 0 unspecified atom stereocenters. The molecule has 0 saturated carbocycles. The third-order valence-electron chi connectivity index (χ3n) is 2.29. The molecule has 1 aliphatic rings. The molecule has 1 aliphatic carbocycles. The van der Waals surface area contributed by atoms with Crippen molar-refractivity contribution in [2.75, 3.05) is 0 Å². The van der Waals surface area contributed by atoms with Gasteiger partial charge in [-0.25, -0.2) is 0 Å². The summed E-state index contributed by atoms with van der Waals surface area (Å²) in [4.78, 5) is 11.4. The first kappa shape index (κ1) is 18.8. The van der Waals surface area contributed by atoms with Crippen LogP contribution in [0.4, 0.5) is 0 Å². The Balaban J connectivity index is 0. The van der Waals surface area contributed by atoms with E-state index in [1.54, 1.807) is 3.88 Å². The van der Waals surface area contributed by atoms with Crippen LogP contribution in [0.5, 0.6) is 0 Å². The molecule has 0 bridgehead atoms. The summed E-state index contributed by atoms with van der Waals surface area (Å²) in [5, 5.41) is 0. The molecule has 0 saturated heterocycles. The number of amides is 1. The van der Waals surface area contributed by atoms with E-state index in [1.165, 1.54) is 0 Å². The van der Waals surface area contributed by atoms with E-state index in [9.17, 15) is 4.79 Å². The van der Waals surface area contributed by atoms with Crippen molar-refractivity contribution in [2.24, 2.45) is 0 Å². The third-order valence-corrected chi connectivity index (χ3v) is 13.5. The molecule has 0 heterocycles. The Hall–Kier alpha value is 0.461. The number of carbonyl (C=O) groups is 1. The summed E-state index contributed by atoms with van der Waals surface area (Å²) < 4.78 is 4.84. The van der Waals surface area contributed by atoms with Crippen molar-refractivity contribution in [3.05, 3.63) is 22.1 Å². The molecule has 0 aromatic rings. The zero-order valence-electron chi connectivity index (χ0n) is 9.89. The van der Waals surface area contributed by atoms with E-state index in [0.29, 0.717) is 6.42 Å². The molecule has 1 N–H and O–H groups in total. The minimum Gasteiger partial charge on any atom is -1.00 e.